The molecule has 1 aromatic heterocycles. The van der Waals surface area contributed by atoms with E-state index in [2.05, 4.69) is 9.98 Å². The zero-order chi connectivity index (χ0) is 9.97. The standard InChI is InChI=1S/C11H12N2O/c1-3-14-7-10-11-9(8(2)13-10)5-4-6-12-11/h4-7H,3H2,1-2H3/b10-7+. The molecule has 0 N–H and O–H groups in total. The first-order valence-electron chi connectivity index (χ1n) is 4.65. The molecule has 72 valence electrons. The lowest BCUT2D eigenvalue weighted by Gasteiger charge is -1.98. The summed E-state index contributed by atoms with van der Waals surface area (Å²) in [5, 5.41) is 0. The molecular formula is C11H12N2O. The minimum atomic E-state index is 0.653. The lowest BCUT2D eigenvalue weighted by Crippen LogP contribution is -1.92. The van der Waals surface area contributed by atoms with Crippen LogP contribution in [0.1, 0.15) is 25.1 Å². The molecule has 1 aromatic rings. The first-order chi connectivity index (χ1) is 6.83. The van der Waals surface area contributed by atoms with Crippen LogP contribution in [-0.4, -0.2) is 17.3 Å². The molecule has 1 aliphatic heterocycles. The molecule has 0 saturated carbocycles. The van der Waals surface area contributed by atoms with Crippen LogP contribution >= 0.6 is 0 Å². The van der Waals surface area contributed by atoms with Crippen molar-refractivity contribution >= 4 is 11.4 Å². The van der Waals surface area contributed by atoms with Gasteiger partial charge in [0.25, 0.3) is 0 Å². The Labute approximate surface area is 83.2 Å². The highest BCUT2D eigenvalue weighted by atomic mass is 16.5. The molecule has 0 radical (unpaired) electrons. The van der Waals surface area contributed by atoms with Crippen LogP contribution < -0.4 is 0 Å². The normalized spacial score (nSPS) is 16.7. The molecule has 2 heterocycles. The van der Waals surface area contributed by atoms with Gasteiger partial charge in [-0.1, -0.05) is 0 Å². The van der Waals surface area contributed by atoms with Gasteiger partial charge in [-0.15, -0.1) is 0 Å². The molecule has 14 heavy (non-hydrogen) atoms. The molecule has 0 atom stereocenters. The zero-order valence-electron chi connectivity index (χ0n) is 8.32. The van der Waals surface area contributed by atoms with Crippen molar-refractivity contribution in [3.8, 4) is 0 Å². The molecule has 0 amide bonds. The highest BCUT2D eigenvalue weighted by molar-refractivity contribution is 6.09. The molecule has 1 aliphatic rings. The van der Waals surface area contributed by atoms with Crippen molar-refractivity contribution in [3.63, 3.8) is 0 Å². The summed E-state index contributed by atoms with van der Waals surface area (Å²) in [7, 11) is 0. The van der Waals surface area contributed by atoms with Gasteiger partial charge in [0, 0.05) is 17.5 Å². The van der Waals surface area contributed by atoms with Gasteiger partial charge < -0.3 is 4.74 Å². The van der Waals surface area contributed by atoms with Gasteiger partial charge in [-0.2, -0.15) is 0 Å². The number of fused-ring (bicyclic) bond motifs is 1. The number of pyridine rings is 1. The Bertz CT molecular complexity index is 408. The Kier molecular flexibility index (Phi) is 2.31. The smallest absolute Gasteiger partial charge is 0.124 e. The second-order valence-electron chi connectivity index (χ2n) is 3.06. The highest BCUT2D eigenvalue weighted by Crippen LogP contribution is 2.25. The van der Waals surface area contributed by atoms with Crippen molar-refractivity contribution in [3.05, 3.63) is 35.8 Å². The van der Waals surface area contributed by atoms with E-state index < -0.39 is 0 Å². The van der Waals surface area contributed by atoms with Crippen LogP contribution in [0.15, 0.2) is 29.6 Å². The van der Waals surface area contributed by atoms with Crippen molar-refractivity contribution < 1.29 is 4.74 Å². The van der Waals surface area contributed by atoms with E-state index in [-0.39, 0.29) is 0 Å². The van der Waals surface area contributed by atoms with Crippen LogP contribution in [0.3, 0.4) is 0 Å². The Morgan fingerprint density at radius 2 is 2.36 bits per heavy atom. The van der Waals surface area contributed by atoms with Crippen LogP contribution in [0.5, 0.6) is 0 Å². The largest absolute Gasteiger partial charge is 0.499 e. The first-order valence-corrected chi connectivity index (χ1v) is 4.65. The predicted octanol–water partition coefficient (Wildman–Crippen LogP) is 2.24. The molecule has 0 aromatic carbocycles. The molecule has 0 aliphatic carbocycles. The number of aromatic nitrogens is 1. The lowest BCUT2D eigenvalue weighted by atomic mass is 10.1. The van der Waals surface area contributed by atoms with E-state index in [0.29, 0.717) is 6.61 Å². The quantitative estimate of drug-likeness (QED) is 0.667. The highest BCUT2D eigenvalue weighted by Gasteiger charge is 2.17. The summed E-state index contributed by atoms with van der Waals surface area (Å²) in [6.45, 7) is 4.58. The second kappa shape index (κ2) is 3.62. The van der Waals surface area contributed by atoms with E-state index in [1.165, 1.54) is 0 Å². The third kappa shape index (κ3) is 1.41. The number of ether oxygens (including phenoxy) is 1. The molecule has 3 nitrogen and oxygen atoms in total. The molecule has 0 spiro atoms. The first kappa shape index (κ1) is 8.94. The van der Waals surface area contributed by atoms with Gasteiger partial charge in [-0.05, 0) is 26.0 Å². The molecule has 0 unspecified atom stereocenters. The summed E-state index contributed by atoms with van der Waals surface area (Å²) < 4.78 is 5.21. The van der Waals surface area contributed by atoms with E-state index in [1.807, 2.05) is 26.0 Å². The number of aliphatic imine (C=N–C) groups is 1. The van der Waals surface area contributed by atoms with Crippen molar-refractivity contribution in [2.75, 3.05) is 6.61 Å². The van der Waals surface area contributed by atoms with E-state index in [4.69, 9.17) is 4.74 Å². The molecule has 3 heteroatoms. The van der Waals surface area contributed by atoms with Crippen LogP contribution in [0.25, 0.3) is 5.70 Å². The van der Waals surface area contributed by atoms with Crippen LogP contribution in [0.4, 0.5) is 0 Å². The average Bonchev–Trinajstić information content (AvgIpc) is 2.54. The van der Waals surface area contributed by atoms with E-state index in [9.17, 15) is 0 Å². The third-order valence-corrected chi connectivity index (χ3v) is 2.09. The van der Waals surface area contributed by atoms with E-state index in [1.54, 1.807) is 12.5 Å². The van der Waals surface area contributed by atoms with Crippen molar-refractivity contribution in [1.82, 2.24) is 4.98 Å². The van der Waals surface area contributed by atoms with Crippen molar-refractivity contribution in [1.29, 1.82) is 0 Å². The van der Waals surface area contributed by atoms with Gasteiger partial charge in [0.15, 0.2) is 0 Å². The van der Waals surface area contributed by atoms with Gasteiger partial charge in [-0.3, -0.25) is 4.98 Å². The van der Waals surface area contributed by atoms with Crippen LogP contribution in [0.2, 0.25) is 0 Å². The number of hydrogen-bond donors (Lipinski definition) is 0. The van der Waals surface area contributed by atoms with Crippen LogP contribution in [-0.2, 0) is 4.74 Å². The fourth-order valence-corrected chi connectivity index (χ4v) is 1.44. The molecule has 0 fully saturated rings. The summed E-state index contributed by atoms with van der Waals surface area (Å²) in [6, 6.07) is 3.94. The Morgan fingerprint density at radius 1 is 1.50 bits per heavy atom. The molecule has 0 saturated heterocycles. The molecule has 2 rings (SSSR count). The second-order valence-corrected chi connectivity index (χ2v) is 3.06. The SMILES string of the molecule is CCO/C=C1/N=C(C)c2cccnc21. The number of rotatable bonds is 2. The summed E-state index contributed by atoms with van der Waals surface area (Å²) in [6.07, 6.45) is 3.44. The summed E-state index contributed by atoms with van der Waals surface area (Å²) in [5.41, 5.74) is 3.83. The fraction of sp³-hybridized carbons (Fsp3) is 0.273. The third-order valence-electron chi connectivity index (χ3n) is 2.09. The van der Waals surface area contributed by atoms with Gasteiger partial charge in [-0.25, -0.2) is 4.99 Å². The number of hydrogen-bond acceptors (Lipinski definition) is 3. The van der Waals surface area contributed by atoms with Crippen LogP contribution in [0, 0.1) is 0 Å². The summed E-state index contributed by atoms with van der Waals surface area (Å²) >= 11 is 0. The van der Waals surface area contributed by atoms with Gasteiger partial charge in [0.1, 0.15) is 17.7 Å². The van der Waals surface area contributed by atoms with Gasteiger partial charge in [0.2, 0.25) is 0 Å². The minimum absolute atomic E-state index is 0.653. The maximum absolute atomic E-state index is 5.21. The lowest BCUT2D eigenvalue weighted by molar-refractivity contribution is 0.270. The zero-order valence-corrected chi connectivity index (χ0v) is 8.32. The summed E-state index contributed by atoms with van der Waals surface area (Å²) in [5.74, 6) is 0. The monoisotopic (exact) mass is 188 g/mol. The van der Waals surface area contributed by atoms with Gasteiger partial charge in [0.05, 0.1) is 6.61 Å². The molecule has 0 bridgehead atoms. The van der Waals surface area contributed by atoms with E-state index >= 15 is 0 Å². The fourth-order valence-electron chi connectivity index (χ4n) is 1.44. The van der Waals surface area contributed by atoms with Crippen molar-refractivity contribution in [2.24, 2.45) is 4.99 Å². The predicted molar refractivity (Wildman–Crippen MR) is 56.1 cm³/mol. The van der Waals surface area contributed by atoms with Crippen molar-refractivity contribution in [2.45, 2.75) is 13.8 Å². The number of nitrogens with zero attached hydrogens (tertiary/aromatic N) is 2. The average molecular weight is 188 g/mol. The maximum atomic E-state index is 5.21. The van der Waals surface area contributed by atoms with E-state index in [0.717, 1.165) is 22.7 Å². The maximum Gasteiger partial charge on any atom is 0.124 e. The van der Waals surface area contributed by atoms with Gasteiger partial charge >= 0.3 is 0 Å². The Balaban J connectivity index is 2.42. The summed E-state index contributed by atoms with van der Waals surface area (Å²) in [4.78, 5) is 8.67. The minimum Gasteiger partial charge on any atom is -0.499 e. The Morgan fingerprint density at radius 3 is 3.14 bits per heavy atom. The Hall–Kier alpha value is -1.64. The topological polar surface area (TPSA) is 34.5 Å². The molecular weight excluding hydrogens is 176 g/mol.